The Bertz CT molecular complexity index is 1070. The maximum Gasteiger partial charge on any atom is 0.205 e. The molecule has 0 amide bonds. The zero-order chi connectivity index (χ0) is 17.6. The molecule has 0 bridgehead atoms. The van der Waals surface area contributed by atoms with Gasteiger partial charge in [0.2, 0.25) is 5.88 Å². The van der Waals surface area contributed by atoms with E-state index in [0.29, 0.717) is 41.6 Å². The number of hydrogen-bond donors (Lipinski definition) is 1. The van der Waals surface area contributed by atoms with Crippen LogP contribution in [0.5, 0.6) is 0 Å². The molecule has 2 N–H and O–H groups in total. The summed E-state index contributed by atoms with van der Waals surface area (Å²) in [5, 5.41) is 9.94. The van der Waals surface area contributed by atoms with E-state index in [1.54, 1.807) is 24.3 Å². The molecule has 0 fully saturated rings. The van der Waals surface area contributed by atoms with Gasteiger partial charge in [-0.2, -0.15) is 5.26 Å². The molecule has 6 heteroatoms. The van der Waals surface area contributed by atoms with Crippen molar-refractivity contribution in [3.05, 3.63) is 69.1 Å². The third kappa shape index (κ3) is 2.24. The number of ketones is 1. The fourth-order valence-corrected chi connectivity index (χ4v) is 3.46. The van der Waals surface area contributed by atoms with Crippen molar-refractivity contribution in [2.24, 2.45) is 5.73 Å². The van der Waals surface area contributed by atoms with E-state index in [-0.39, 0.29) is 28.2 Å². The number of para-hydroxylation sites is 1. The first-order valence-corrected chi connectivity index (χ1v) is 7.96. The van der Waals surface area contributed by atoms with Gasteiger partial charge in [0.05, 0.1) is 17.6 Å². The van der Waals surface area contributed by atoms with E-state index in [4.69, 9.17) is 14.9 Å². The van der Waals surface area contributed by atoms with Gasteiger partial charge in [-0.05, 0) is 18.6 Å². The number of fused-ring (bicyclic) bond motifs is 1. The van der Waals surface area contributed by atoms with Gasteiger partial charge >= 0.3 is 0 Å². The van der Waals surface area contributed by atoms with Crippen molar-refractivity contribution < 1.29 is 13.9 Å². The van der Waals surface area contributed by atoms with Crippen molar-refractivity contribution in [3.63, 3.8) is 0 Å². The minimum absolute atomic E-state index is 0.0616. The number of allylic oxidation sites excluding steroid dienone is 3. The van der Waals surface area contributed by atoms with Gasteiger partial charge in [-0.1, -0.05) is 12.1 Å². The van der Waals surface area contributed by atoms with E-state index in [9.17, 15) is 14.9 Å². The molecule has 1 atom stereocenters. The number of ether oxygens (including phenoxy) is 1. The lowest BCUT2D eigenvalue weighted by Crippen LogP contribution is -2.30. The zero-order valence-corrected chi connectivity index (χ0v) is 13.2. The normalized spacial score (nSPS) is 20.3. The van der Waals surface area contributed by atoms with Crippen LogP contribution in [0.3, 0.4) is 0 Å². The molecule has 1 aliphatic heterocycles. The Hall–Kier alpha value is -3.33. The monoisotopic (exact) mass is 334 g/mol. The summed E-state index contributed by atoms with van der Waals surface area (Å²) in [7, 11) is 0. The molecule has 1 aromatic carbocycles. The second-order valence-corrected chi connectivity index (χ2v) is 6.05. The first-order valence-electron chi connectivity index (χ1n) is 7.96. The fraction of sp³-hybridized carbons (Fsp3) is 0.211. The molecule has 25 heavy (non-hydrogen) atoms. The summed E-state index contributed by atoms with van der Waals surface area (Å²) < 4.78 is 11.1. The Kier molecular flexibility index (Phi) is 3.43. The van der Waals surface area contributed by atoms with Gasteiger partial charge in [0.1, 0.15) is 23.0 Å². The molecule has 0 spiro atoms. The number of carbonyl (C=O) groups excluding carboxylic acids is 1. The van der Waals surface area contributed by atoms with E-state index in [2.05, 4.69) is 0 Å². The molecule has 2 heterocycles. The highest BCUT2D eigenvalue weighted by Gasteiger charge is 2.39. The molecule has 124 valence electrons. The number of carbonyl (C=O) groups is 1. The van der Waals surface area contributed by atoms with Gasteiger partial charge in [0.25, 0.3) is 0 Å². The molecule has 0 radical (unpaired) electrons. The Morgan fingerprint density at radius 1 is 1.20 bits per heavy atom. The van der Waals surface area contributed by atoms with Crippen LogP contribution in [0.15, 0.2) is 62.5 Å². The second-order valence-electron chi connectivity index (χ2n) is 6.05. The van der Waals surface area contributed by atoms with Gasteiger partial charge < -0.3 is 14.9 Å². The average molecular weight is 334 g/mol. The summed E-state index contributed by atoms with van der Waals surface area (Å²) in [5.74, 6) is -0.583. The fourth-order valence-electron chi connectivity index (χ4n) is 3.46. The van der Waals surface area contributed by atoms with Gasteiger partial charge in [-0.15, -0.1) is 0 Å². The number of nitrogens with two attached hydrogens (primary N) is 1. The SMILES string of the molecule is N#CC1=C(N)OC2=C(C(=O)CCC2)[C@@H]1c1coc2ccccc2c1=O. The molecule has 1 aliphatic carbocycles. The molecule has 6 nitrogen and oxygen atoms in total. The zero-order valence-electron chi connectivity index (χ0n) is 13.2. The van der Waals surface area contributed by atoms with Crippen molar-refractivity contribution >= 4 is 16.8 Å². The van der Waals surface area contributed by atoms with Crippen LogP contribution in [-0.2, 0) is 9.53 Å². The summed E-state index contributed by atoms with van der Waals surface area (Å²) in [6.45, 7) is 0. The van der Waals surface area contributed by atoms with Gasteiger partial charge in [0.15, 0.2) is 11.2 Å². The van der Waals surface area contributed by atoms with Gasteiger partial charge in [-0.3, -0.25) is 9.59 Å². The molecule has 2 aromatic rings. The van der Waals surface area contributed by atoms with Crippen LogP contribution in [0.1, 0.15) is 30.7 Å². The predicted octanol–water partition coefficient (Wildman–Crippen LogP) is 2.61. The van der Waals surface area contributed by atoms with Crippen molar-refractivity contribution in [1.29, 1.82) is 5.26 Å². The standard InChI is InChI=1S/C19H14N2O4/c20-8-11-16(17-13(22)5-3-7-15(17)25-19(11)21)12-9-24-14-6-2-1-4-10(14)18(12)23/h1-2,4,6,9,16H,3,5,7,21H2/t16-/m0/s1. The number of Topliss-reactive ketones (excluding diaryl/α,β-unsaturated/α-hetero) is 1. The first kappa shape index (κ1) is 15.2. The van der Waals surface area contributed by atoms with Crippen molar-refractivity contribution in [1.82, 2.24) is 0 Å². The maximum absolute atomic E-state index is 13.0. The lowest BCUT2D eigenvalue weighted by molar-refractivity contribution is -0.116. The van der Waals surface area contributed by atoms with Crippen LogP contribution in [-0.4, -0.2) is 5.78 Å². The third-order valence-corrected chi connectivity index (χ3v) is 4.62. The van der Waals surface area contributed by atoms with E-state index in [1.165, 1.54) is 6.26 Å². The van der Waals surface area contributed by atoms with Crippen LogP contribution >= 0.6 is 0 Å². The molecule has 0 saturated heterocycles. The molecule has 2 aliphatic rings. The summed E-state index contributed by atoms with van der Waals surface area (Å²) in [5.41, 5.74) is 6.70. The highest BCUT2D eigenvalue weighted by molar-refractivity contribution is 5.99. The molecule has 0 unspecified atom stereocenters. The lowest BCUT2D eigenvalue weighted by Gasteiger charge is -2.30. The van der Waals surface area contributed by atoms with Gasteiger partial charge in [-0.25, -0.2) is 0 Å². The molecular formula is C19H14N2O4. The lowest BCUT2D eigenvalue weighted by atomic mass is 9.78. The van der Waals surface area contributed by atoms with E-state index < -0.39 is 5.92 Å². The Morgan fingerprint density at radius 2 is 2.00 bits per heavy atom. The maximum atomic E-state index is 13.0. The van der Waals surface area contributed by atoms with E-state index in [0.717, 1.165) is 0 Å². The van der Waals surface area contributed by atoms with Gasteiger partial charge in [0, 0.05) is 24.0 Å². The summed E-state index contributed by atoms with van der Waals surface area (Å²) in [6, 6.07) is 8.84. The molecular weight excluding hydrogens is 320 g/mol. The first-order chi connectivity index (χ1) is 12.1. The highest BCUT2D eigenvalue weighted by Crippen LogP contribution is 2.42. The van der Waals surface area contributed by atoms with Crippen LogP contribution < -0.4 is 11.2 Å². The van der Waals surface area contributed by atoms with Crippen molar-refractivity contribution in [2.45, 2.75) is 25.2 Å². The average Bonchev–Trinajstić information content (AvgIpc) is 2.61. The number of hydrogen-bond acceptors (Lipinski definition) is 6. The van der Waals surface area contributed by atoms with Crippen LogP contribution in [0.4, 0.5) is 0 Å². The Morgan fingerprint density at radius 3 is 2.80 bits per heavy atom. The minimum Gasteiger partial charge on any atom is -0.464 e. The Balaban J connectivity index is 2.01. The van der Waals surface area contributed by atoms with Crippen LogP contribution in [0.25, 0.3) is 11.0 Å². The van der Waals surface area contributed by atoms with Crippen LogP contribution in [0.2, 0.25) is 0 Å². The molecule has 4 rings (SSSR count). The Labute approximate surface area is 142 Å². The minimum atomic E-state index is -0.845. The second kappa shape index (κ2) is 5.64. The number of nitrogens with zero attached hydrogens (tertiary/aromatic N) is 1. The van der Waals surface area contributed by atoms with E-state index in [1.807, 2.05) is 6.07 Å². The highest BCUT2D eigenvalue weighted by atomic mass is 16.5. The number of benzene rings is 1. The van der Waals surface area contributed by atoms with Crippen LogP contribution in [0, 0.1) is 11.3 Å². The molecule has 0 saturated carbocycles. The summed E-state index contributed by atoms with van der Waals surface area (Å²) in [4.78, 5) is 25.5. The van der Waals surface area contributed by atoms with Crippen molar-refractivity contribution in [3.8, 4) is 6.07 Å². The number of rotatable bonds is 1. The molecule has 1 aromatic heterocycles. The third-order valence-electron chi connectivity index (χ3n) is 4.62. The number of nitriles is 1. The topological polar surface area (TPSA) is 106 Å². The summed E-state index contributed by atoms with van der Waals surface area (Å²) >= 11 is 0. The summed E-state index contributed by atoms with van der Waals surface area (Å²) in [6.07, 6.45) is 2.88. The van der Waals surface area contributed by atoms with Crippen molar-refractivity contribution in [2.75, 3.05) is 0 Å². The smallest absolute Gasteiger partial charge is 0.205 e. The van der Waals surface area contributed by atoms with E-state index >= 15 is 0 Å². The largest absolute Gasteiger partial charge is 0.464 e. The quantitative estimate of drug-likeness (QED) is 0.859. The predicted molar refractivity (Wildman–Crippen MR) is 89.0 cm³/mol.